The van der Waals surface area contributed by atoms with E-state index >= 15 is 0 Å². The Kier molecular flexibility index (Phi) is 6.44. The van der Waals surface area contributed by atoms with Gasteiger partial charge in [-0.3, -0.25) is 4.79 Å². The molecule has 1 fully saturated rings. The molecule has 1 aliphatic rings. The van der Waals surface area contributed by atoms with Gasteiger partial charge in [0.1, 0.15) is 6.04 Å². The first kappa shape index (κ1) is 21.1. The molecule has 1 amide bonds. The molecule has 0 radical (unpaired) electrons. The van der Waals surface area contributed by atoms with E-state index < -0.39 is 16.1 Å². The van der Waals surface area contributed by atoms with Gasteiger partial charge in [-0.25, -0.2) is 13.6 Å². The topological polar surface area (TPSA) is 105 Å². The molecule has 3 rings (SSSR count). The molecule has 0 saturated carbocycles. The molecule has 1 saturated heterocycles. The van der Waals surface area contributed by atoms with Crippen molar-refractivity contribution < 1.29 is 13.2 Å². The van der Waals surface area contributed by atoms with Gasteiger partial charge in [-0.2, -0.15) is 0 Å². The molecular weight excluding hydrogens is 388 g/mol. The molecule has 0 spiro atoms. The quantitative estimate of drug-likeness (QED) is 0.671. The van der Waals surface area contributed by atoms with E-state index in [0.29, 0.717) is 5.69 Å². The van der Waals surface area contributed by atoms with Crippen LogP contribution in [0.1, 0.15) is 26.7 Å². The number of nitrogens with zero attached hydrogens (tertiary/aromatic N) is 1. The minimum atomic E-state index is -3.75. The highest BCUT2D eigenvalue weighted by molar-refractivity contribution is 7.89. The summed E-state index contributed by atoms with van der Waals surface area (Å²) in [4.78, 5) is 14.8. The molecule has 1 unspecified atom stereocenters. The number of piperidine rings is 1. The van der Waals surface area contributed by atoms with Crippen molar-refractivity contribution in [1.29, 1.82) is 0 Å². The van der Waals surface area contributed by atoms with Crippen LogP contribution in [0.25, 0.3) is 0 Å². The van der Waals surface area contributed by atoms with Crippen LogP contribution in [0.3, 0.4) is 0 Å². The smallest absolute Gasteiger partial charge is 0.246 e. The van der Waals surface area contributed by atoms with Crippen LogP contribution in [-0.2, 0) is 14.8 Å². The van der Waals surface area contributed by atoms with Crippen molar-refractivity contribution >= 4 is 33.0 Å². The molecule has 29 heavy (non-hydrogen) atoms. The fourth-order valence-electron chi connectivity index (χ4n) is 3.33. The van der Waals surface area contributed by atoms with E-state index in [9.17, 15) is 13.2 Å². The molecule has 0 aliphatic carbocycles. The van der Waals surface area contributed by atoms with E-state index in [2.05, 4.69) is 34.6 Å². The number of nitrogens with two attached hydrogens (primary N) is 1. The molecule has 1 heterocycles. The lowest BCUT2D eigenvalue weighted by atomic mass is 9.99. The summed E-state index contributed by atoms with van der Waals surface area (Å²) in [7, 11) is -3.75. The van der Waals surface area contributed by atoms with Gasteiger partial charge in [0, 0.05) is 30.2 Å². The van der Waals surface area contributed by atoms with Gasteiger partial charge in [0.05, 0.1) is 4.90 Å². The molecule has 0 bridgehead atoms. The van der Waals surface area contributed by atoms with Crippen LogP contribution < -0.4 is 20.7 Å². The molecule has 2 aromatic rings. The lowest BCUT2D eigenvalue weighted by Crippen LogP contribution is -2.33. The average Bonchev–Trinajstić information content (AvgIpc) is 2.69. The van der Waals surface area contributed by atoms with E-state index in [1.54, 1.807) is 6.92 Å². The van der Waals surface area contributed by atoms with Crippen molar-refractivity contribution in [1.82, 2.24) is 0 Å². The van der Waals surface area contributed by atoms with Gasteiger partial charge in [0.2, 0.25) is 15.9 Å². The largest absolute Gasteiger partial charge is 0.374 e. The van der Waals surface area contributed by atoms with Crippen LogP contribution in [0.2, 0.25) is 0 Å². The van der Waals surface area contributed by atoms with Gasteiger partial charge in [0.25, 0.3) is 0 Å². The molecule has 8 heteroatoms. The minimum Gasteiger partial charge on any atom is -0.374 e. The Morgan fingerprint density at radius 1 is 1.03 bits per heavy atom. The maximum atomic E-state index is 12.4. The van der Waals surface area contributed by atoms with E-state index in [0.717, 1.165) is 24.7 Å². The standard InChI is InChI=1S/C21H28N4O3S/c1-15-11-13-25(14-12-15)19-7-3-17(4-8-19)23-16(2)21(26)24-18-5-9-20(10-6-18)29(22,27)28/h3-10,15-16,23H,11-14H2,1-2H3,(H,24,26)(H2,22,27,28). The van der Waals surface area contributed by atoms with Crippen molar-refractivity contribution in [3.05, 3.63) is 48.5 Å². The number of nitrogens with one attached hydrogen (secondary N) is 2. The van der Waals surface area contributed by atoms with Crippen LogP contribution in [0, 0.1) is 5.92 Å². The molecule has 4 N–H and O–H groups in total. The van der Waals surface area contributed by atoms with Crippen molar-refractivity contribution in [3.8, 4) is 0 Å². The van der Waals surface area contributed by atoms with Gasteiger partial charge in [0.15, 0.2) is 0 Å². The second-order valence-electron chi connectivity index (χ2n) is 7.64. The molecule has 0 aromatic heterocycles. The number of carbonyl (C=O) groups excluding carboxylic acids is 1. The summed E-state index contributed by atoms with van der Waals surface area (Å²) < 4.78 is 22.6. The zero-order chi connectivity index (χ0) is 21.0. The number of rotatable bonds is 6. The van der Waals surface area contributed by atoms with Crippen LogP contribution >= 0.6 is 0 Å². The summed E-state index contributed by atoms with van der Waals surface area (Å²) in [6, 6.07) is 13.4. The highest BCUT2D eigenvalue weighted by Crippen LogP contribution is 2.24. The van der Waals surface area contributed by atoms with E-state index in [1.165, 1.54) is 42.8 Å². The van der Waals surface area contributed by atoms with Gasteiger partial charge < -0.3 is 15.5 Å². The summed E-state index contributed by atoms with van der Waals surface area (Å²) >= 11 is 0. The Balaban J connectivity index is 1.55. The number of primary sulfonamides is 1. The number of carbonyl (C=O) groups is 1. The summed E-state index contributed by atoms with van der Waals surface area (Å²) in [5, 5.41) is 11.0. The Morgan fingerprint density at radius 2 is 1.59 bits per heavy atom. The zero-order valence-corrected chi connectivity index (χ0v) is 17.6. The second-order valence-corrected chi connectivity index (χ2v) is 9.20. The SMILES string of the molecule is CC1CCN(c2ccc(NC(C)C(=O)Nc3ccc(S(N)(=O)=O)cc3)cc2)CC1. The van der Waals surface area contributed by atoms with E-state index in [1.807, 2.05) is 12.1 Å². The first-order valence-corrected chi connectivity index (χ1v) is 11.3. The lowest BCUT2D eigenvalue weighted by molar-refractivity contribution is -0.116. The Labute approximate surface area is 172 Å². The van der Waals surface area contributed by atoms with Gasteiger partial charge >= 0.3 is 0 Å². The molecule has 156 valence electrons. The second kappa shape index (κ2) is 8.84. The van der Waals surface area contributed by atoms with Crippen molar-refractivity contribution in [2.75, 3.05) is 28.6 Å². The van der Waals surface area contributed by atoms with E-state index in [4.69, 9.17) is 5.14 Å². The van der Waals surface area contributed by atoms with Crippen LogP contribution in [0.5, 0.6) is 0 Å². The van der Waals surface area contributed by atoms with E-state index in [-0.39, 0.29) is 10.8 Å². The molecule has 1 aliphatic heterocycles. The first-order valence-electron chi connectivity index (χ1n) is 9.77. The average molecular weight is 417 g/mol. The first-order chi connectivity index (χ1) is 13.7. The summed E-state index contributed by atoms with van der Waals surface area (Å²) in [5.74, 6) is 0.574. The fraction of sp³-hybridized carbons (Fsp3) is 0.381. The Bertz CT molecular complexity index is 935. The Hall–Kier alpha value is -2.58. The van der Waals surface area contributed by atoms with Crippen molar-refractivity contribution in [2.45, 2.75) is 37.6 Å². The van der Waals surface area contributed by atoms with Crippen molar-refractivity contribution in [2.24, 2.45) is 11.1 Å². The van der Waals surface area contributed by atoms with Crippen molar-refractivity contribution in [3.63, 3.8) is 0 Å². The monoisotopic (exact) mass is 416 g/mol. The number of benzene rings is 2. The summed E-state index contributed by atoms with van der Waals surface area (Å²) in [6.07, 6.45) is 2.44. The van der Waals surface area contributed by atoms with Gasteiger partial charge in [-0.05, 0) is 74.2 Å². The molecular formula is C21H28N4O3S. The highest BCUT2D eigenvalue weighted by atomic mass is 32.2. The molecule has 7 nitrogen and oxygen atoms in total. The maximum absolute atomic E-state index is 12.4. The number of amides is 1. The lowest BCUT2D eigenvalue weighted by Gasteiger charge is -2.32. The predicted octanol–water partition coefficient (Wildman–Crippen LogP) is 3.01. The van der Waals surface area contributed by atoms with Gasteiger partial charge in [-0.15, -0.1) is 0 Å². The number of hydrogen-bond donors (Lipinski definition) is 3. The van der Waals surface area contributed by atoms with Gasteiger partial charge in [-0.1, -0.05) is 6.92 Å². The summed E-state index contributed by atoms with van der Waals surface area (Å²) in [5.41, 5.74) is 2.58. The predicted molar refractivity (Wildman–Crippen MR) is 117 cm³/mol. The maximum Gasteiger partial charge on any atom is 0.246 e. The highest BCUT2D eigenvalue weighted by Gasteiger charge is 2.17. The molecule has 1 atom stereocenters. The normalized spacial score (nSPS) is 16.3. The number of anilines is 3. The third-order valence-corrected chi connectivity index (χ3v) is 6.17. The number of sulfonamides is 1. The third-order valence-electron chi connectivity index (χ3n) is 5.24. The Morgan fingerprint density at radius 3 is 2.14 bits per heavy atom. The summed E-state index contributed by atoms with van der Waals surface area (Å²) in [6.45, 7) is 6.23. The van der Waals surface area contributed by atoms with Crippen LogP contribution in [-0.4, -0.2) is 33.5 Å². The fourth-order valence-corrected chi connectivity index (χ4v) is 3.84. The molecule has 2 aromatic carbocycles. The third kappa shape index (κ3) is 5.71. The van der Waals surface area contributed by atoms with Crippen LogP contribution in [0.4, 0.5) is 17.1 Å². The number of hydrogen-bond acceptors (Lipinski definition) is 5. The minimum absolute atomic E-state index is 0.00456. The zero-order valence-electron chi connectivity index (χ0n) is 16.8. The van der Waals surface area contributed by atoms with Crippen LogP contribution in [0.15, 0.2) is 53.4 Å².